The van der Waals surface area contributed by atoms with Crippen molar-refractivity contribution in [1.29, 1.82) is 0 Å². The molecule has 0 spiro atoms. The third kappa shape index (κ3) is 3.05. The highest BCUT2D eigenvalue weighted by Crippen LogP contribution is 2.36. The number of ether oxygens (including phenoxy) is 1. The molecule has 0 heterocycles. The van der Waals surface area contributed by atoms with Gasteiger partial charge >= 0.3 is 6.09 Å². The van der Waals surface area contributed by atoms with Crippen molar-refractivity contribution in [1.82, 2.24) is 5.32 Å². The van der Waals surface area contributed by atoms with Gasteiger partial charge in [-0.05, 0) is 18.4 Å². The average Bonchev–Trinajstić information content (AvgIpc) is 3.17. The number of carbonyl (C=O) groups is 1. The van der Waals surface area contributed by atoms with E-state index in [0.29, 0.717) is 11.4 Å². The topological polar surface area (TPSA) is 64.3 Å². The second-order valence-corrected chi connectivity index (χ2v) is 4.89. The number of amides is 1. The average molecular weight is 264 g/mol. The van der Waals surface area contributed by atoms with Crippen LogP contribution in [-0.4, -0.2) is 23.0 Å². The Kier molecular flexibility index (Phi) is 3.93. The van der Waals surface area contributed by atoms with Gasteiger partial charge in [0.1, 0.15) is 6.61 Å². The monoisotopic (exact) mass is 264 g/mol. The first-order valence-corrected chi connectivity index (χ1v) is 6.29. The zero-order valence-electron chi connectivity index (χ0n) is 10.0. The first-order valence-electron chi connectivity index (χ1n) is 5.88. The molecule has 1 fully saturated rings. The highest BCUT2D eigenvalue weighted by Gasteiger charge is 2.47. The van der Waals surface area contributed by atoms with Gasteiger partial charge in [-0.15, -0.1) is 0 Å². The highest BCUT2D eigenvalue weighted by molar-refractivity contribution is 7.80. The molecular formula is C13H16N2O2S. The summed E-state index contributed by atoms with van der Waals surface area (Å²) < 4.78 is 5.15. The summed E-state index contributed by atoms with van der Waals surface area (Å²) in [5, 5.41) is 2.81. The van der Waals surface area contributed by atoms with Gasteiger partial charge in [0.25, 0.3) is 0 Å². The van der Waals surface area contributed by atoms with Crippen molar-refractivity contribution in [3.8, 4) is 0 Å². The van der Waals surface area contributed by atoms with E-state index in [2.05, 4.69) is 5.32 Å². The molecule has 1 aliphatic rings. The molecule has 0 unspecified atom stereocenters. The molecular weight excluding hydrogens is 248 g/mol. The predicted octanol–water partition coefficient (Wildman–Crippen LogP) is 1.77. The molecule has 96 valence electrons. The van der Waals surface area contributed by atoms with Crippen LogP contribution in [0.4, 0.5) is 4.79 Å². The number of hydrogen-bond donors (Lipinski definition) is 2. The zero-order chi connectivity index (χ0) is 13.0. The summed E-state index contributed by atoms with van der Waals surface area (Å²) in [6.45, 7) is 0.576. The molecule has 18 heavy (non-hydrogen) atoms. The molecule has 4 nitrogen and oxygen atoms in total. The molecule has 0 aliphatic heterocycles. The molecule has 2 rings (SSSR count). The molecule has 1 amide bonds. The van der Waals surface area contributed by atoms with E-state index >= 15 is 0 Å². The first kappa shape index (κ1) is 13.0. The summed E-state index contributed by atoms with van der Waals surface area (Å²) in [6, 6.07) is 9.54. The maximum absolute atomic E-state index is 11.7. The van der Waals surface area contributed by atoms with Crippen LogP contribution >= 0.6 is 12.2 Å². The van der Waals surface area contributed by atoms with Crippen molar-refractivity contribution in [2.24, 2.45) is 5.73 Å². The Morgan fingerprint density at radius 2 is 2.06 bits per heavy atom. The van der Waals surface area contributed by atoms with Crippen molar-refractivity contribution in [3.05, 3.63) is 35.9 Å². The van der Waals surface area contributed by atoms with Crippen molar-refractivity contribution < 1.29 is 9.53 Å². The lowest BCUT2D eigenvalue weighted by molar-refractivity contribution is 0.137. The van der Waals surface area contributed by atoms with E-state index in [1.54, 1.807) is 0 Å². The summed E-state index contributed by atoms with van der Waals surface area (Å²) in [4.78, 5) is 12.4. The summed E-state index contributed by atoms with van der Waals surface area (Å²) in [5.74, 6) is 0. The number of alkyl carbamates (subject to hydrolysis) is 1. The minimum atomic E-state index is -0.438. The van der Waals surface area contributed by atoms with Crippen molar-refractivity contribution in [2.75, 3.05) is 6.54 Å². The Hall–Kier alpha value is -1.46. The normalized spacial score (nSPS) is 15.8. The van der Waals surface area contributed by atoms with E-state index in [1.807, 2.05) is 30.3 Å². The van der Waals surface area contributed by atoms with Crippen molar-refractivity contribution in [3.63, 3.8) is 0 Å². The third-order valence-corrected chi connectivity index (χ3v) is 3.58. The fourth-order valence-corrected chi connectivity index (χ4v) is 2.00. The van der Waals surface area contributed by atoms with E-state index in [-0.39, 0.29) is 6.61 Å². The van der Waals surface area contributed by atoms with Crippen LogP contribution in [0.1, 0.15) is 18.4 Å². The summed E-state index contributed by atoms with van der Waals surface area (Å²) >= 11 is 5.15. The van der Waals surface area contributed by atoms with Crippen LogP contribution in [0.2, 0.25) is 0 Å². The molecule has 5 heteroatoms. The lowest BCUT2D eigenvalue weighted by Crippen LogP contribution is -2.45. The minimum Gasteiger partial charge on any atom is -0.445 e. The summed E-state index contributed by atoms with van der Waals surface area (Å²) in [7, 11) is 0. The quantitative estimate of drug-likeness (QED) is 0.796. The van der Waals surface area contributed by atoms with Gasteiger partial charge in [0, 0.05) is 11.4 Å². The van der Waals surface area contributed by atoms with Crippen LogP contribution in [0, 0.1) is 0 Å². The van der Waals surface area contributed by atoms with Gasteiger partial charge in [-0.25, -0.2) is 4.79 Å². The Labute approximate surface area is 112 Å². The first-order chi connectivity index (χ1) is 8.66. The van der Waals surface area contributed by atoms with Crippen LogP contribution in [0.5, 0.6) is 0 Å². The molecule has 0 bridgehead atoms. The second-order valence-electron chi connectivity index (χ2n) is 4.40. The fourth-order valence-electron chi connectivity index (χ4n) is 1.75. The van der Waals surface area contributed by atoms with Crippen LogP contribution < -0.4 is 11.1 Å². The molecule has 0 aromatic heterocycles. The standard InChI is InChI=1S/C13H16N2O2S/c14-8-11(18)13(6-7-13)15-12(16)17-9-10-4-2-1-3-5-10/h1-5H,6-9,14H2,(H,15,16). The predicted molar refractivity (Wildman–Crippen MR) is 73.4 cm³/mol. The third-order valence-electron chi connectivity index (χ3n) is 3.02. The van der Waals surface area contributed by atoms with Crippen LogP contribution in [0.3, 0.4) is 0 Å². The zero-order valence-corrected chi connectivity index (χ0v) is 10.8. The molecule has 1 aromatic rings. The van der Waals surface area contributed by atoms with Gasteiger partial charge in [0.15, 0.2) is 0 Å². The Balaban J connectivity index is 1.81. The number of hydrogen-bond acceptors (Lipinski definition) is 4. The largest absolute Gasteiger partial charge is 0.445 e. The number of carbonyl (C=O) groups excluding carboxylic acids is 1. The Bertz CT molecular complexity index is 444. The Morgan fingerprint density at radius 1 is 1.39 bits per heavy atom. The number of nitrogens with one attached hydrogen (secondary N) is 1. The number of nitrogens with two attached hydrogens (primary N) is 1. The molecule has 0 saturated heterocycles. The van der Waals surface area contributed by atoms with Crippen molar-refractivity contribution in [2.45, 2.75) is 25.0 Å². The van der Waals surface area contributed by atoms with E-state index < -0.39 is 11.6 Å². The lowest BCUT2D eigenvalue weighted by atomic mass is 10.2. The maximum atomic E-state index is 11.7. The molecule has 3 N–H and O–H groups in total. The van der Waals surface area contributed by atoms with Crippen LogP contribution in [0.15, 0.2) is 30.3 Å². The van der Waals surface area contributed by atoms with Gasteiger partial charge < -0.3 is 15.8 Å². The van der Waals surface area contributed by atoms with Gasteiger partial charge in [0.2, 0.25) is 0 Å². The minimum absolute atomic E-state index is 0.262. The van der Waals surface area contributed by atoms with Gasteiger partial charge in [-0.1, -0.05) is 42.5 Å². The number of benzene rings is 1. The highest BCUT2D eigenvalue weighted by atomic mass is 32.1. The number of thiocarbonyl (C=S) groups is 1. The molecule has 1 aromatic carbocycles. The Morgan fingerprint density at radius 3 is 2.61 bits per heavy atom. The smallest absolute Gasteiger partial charge is 0.408 e. The van der Waals surface area contributed by atoms with E-state index in [4.69, 9.17) is 22.7 Å². The second kappa shape index (κ2) is 5.46. The molecule has 1 saturated carbocycles. The van der Waals surface area contributed by atoms with Crippen LogP contribution in [0.25, 0.3) is 0 Å². The number of rotatable bonds is 5. The molecule has 0 atom stereocenters. The van der Waals surface area contributed by atoms with Gasteiger partial charge in [-0.2, -0.15) is 0 Å². The summed E-state index contributed by atoms with van der Waals surface area (Å²) in [6.07, 6.45) is 1.26. The summed E-state index contributed by atoms with van der Waals surface area (Å²) in [5.41, 5.74) is 6.07. The maximum Gasteiger partial charge on any atom is 0.408 e. The lowest BCUT2D eigenvalue weighted by Gasteiger charge is -2.17. The van der Waals surface area contributed by atoms with Gasteiger partial charge in [-0.3, -0.25) is 0 Å². The van der Waals surface area contributed by atoms with E-state index in [1.165, 1.54) is 0 Å². The molecule has 1 aliphatic carbocycles. The molecule has 0 radical (unpaired) electrons. The van der Waals surface area contributed by atoms with E-state index in [0.717, 1.165) is 18.4 Å². The SMILES string of the molecule is NCC(=S)C1(NC(=O)OCc2ccccc2)CC1. The fraction of sp³-hybridized carbons (Fsp3) is 0.385. The van der Waals surface area contributed by atoms with E-state index in [9.17, 15) is 4.79 Å². The van der Waals surface area contributed by atoms with Crippen LogP contribution in [-0.2, 0) is 11.3 Å². The van der Waals surface area contributed by atoms with Gasteiger partial charge in [0.05, 0.1) is 5.54 Å². The van der Waals surface area contributed by atoms with Crippen molar-refractivity contribution >= 4 is 23.2 Å².